The number of nitrogens with one attached hydrogen (secondary N) is 2. The van der Waals surface area contributed by atoms with E-state index in [9.17, 15) is 34.2 Å². The summed E-state index contributed by atoms with van der Waals surface area (Å²) in [4.78, 5) is 73.0. The highest BCUT2D eigenvalue weighted by atomic mass is 32.2. The number of nitrogens with two attached hydrogens (primary N) is 1. The molecule has 1 fully saturated rings. The van der Waals surface area contributed by atoms with Crippen molar-refractivity contribution in [2.24, 2.45) is 5.16 Å². The SMILES string of the molecule is CCCCNC(=O)c1ccc[n+](CC2=C(C(=O)O)N3C(=O)[C@@H](NC(=O)/C(=N\OC(C)(C)C(=O)O)c4csc(N)n4)[C@H]3SC2)c1. The Morgan fingerprint density at radius 1 is 1.30 bits per heavy atom. The molecular weight excluding hydrogens is 614 g/mol. The smallest absolute Gasteiger partial charge is 0.352 e. The number of oxime groups is 1. The number of carbonyl (C=O) groups is 5. The van der Waals surface area contributed by atoms with Gasteiger partial charge in [-0.15, -0.1) is 23.1 Å². The van der Waals surface area contributed by atoms with E-state index in [4.69, 9.17) is 10.6 Å². The first-order valence-corrected chi connectivity index (χ1v) is 15.5. The van der Waals surface area contributed by atoms with Crippen LogP contribution in [0.5, 0.6) is 0 Å². The summed E-state index contributed by atoms with van der Waals surface area (Å²) >= 11 is 2.28. The fourth-order valence-corrected chi connectivity index (χ4v) is 6.15. The number of fused-ring (bicyclic) bond motifs is 1. The second-order valence-electron chi connectivity index (χ2n) is 10.4. The number of aromatic nitrogens is 2. The number of carbonyl (C=O) groups excluding carboxylic acids is 3. The van der Waals surface area contributed by atoms with Crippen LogP contribution in [-0.2, 0) is 30.6 Å². The minimum Gasteiger partial charge on any atom is -0.478 e. The molecule has 2 aromatic heterocycles. The maximum atomic E-state index is 13.3. The first-order chi connectivity index (χ1) is 20.8. The summed E-state index contributed by atoms with van der Waals surface area (Å²) in [5.74, 6) is -4.17. The van der Waals surface area contributed by atoms with Gasteiger partial charge >= 0.3 is 11.9 Å². The van der Waals surface area contributed by atoms with Gasteiger partial charge in [-0.05, 0) is 26.3 Å². The summed E-state index contributed by atoms with van der Waals surface area (Å²) in [5, 5.41) is 29.3. The Bertz CT molecular complexity index is 1550. The van der Waals surface area contributed by atoms with Gasteiger partial charge in [0.05, 0.1) is 0 Å². The normalized spacial score (nSPS) is 18.3. The average molecular weight is 647 g/mol. The maximum absolute atomic E-state index is 13.3. The lowest BCUT2D eigenvalue weighted by Gasteiger charge is -2.49. The predicted octanol–water partition coefficient (Wildman–Crippen LogP) is 0.565. The first kappa shape index (κ1) is 32.4. The second kappa shape index (κ2) is 13.4. The van der Waals surface area contributed by atoms with Crippen LogP contribution in [0, 0.1) is 0 Å². The summed E-state index contributed by atoms with van der Waals surface area (Å²) in [6.45, 7) is 5.17. The molecule has 0 spiro atoms. The van der Waals surface area contributed by atoms with Crippen molar-refractivity contribution >= 4 is 63.6 Å². The number of thiazole rings is 1. The molecule has 2 aliphatic rings. The number of amides is 3. The van der Waals surface area contributed by atoms with Gasteiger partial charge in [-0.3, -0.25) is 19.3 Å². The number of thioether (sulfide) groups is 1. The Morgan fingerprint density at radius 3 is 2.68 bits per heavy atom. The van der Waals surface area contributed by atoms with Gasteiger partial charge in [0.2, 0.25) is 5.60 Å². The van der Waals surface area contributed by atoms with Gasteiger partial charge in [0.1, 0.15) is 28.4 Å². The Hall–Kier alpha value is -4.51. The number of aliphatic carboxylic acids is 2. The fourth-order valence-electron chi connectivity index (χ4n) is 4.27. The van der Waals surface area contributed by atoms with Crippen LogP contribution in [0.3, 0.4) is 0 Å². The second-order valence-corrected chi connectivity index (χ2v) is 12.4. The van der Waals surface area contributed by atoms with E-state index in [1.54, 1.807) is 29.1 Å². The van der Waals surface area contributed by atoms with Crippen LogP contribution in [0.2, 0.25) is 0 Å². The zero-order valence-corrected chi connectivity index (χ0v) is 25.7. The van der Waals surface area contributed by atoms with E-state index >= 15 is 0 Å². The topological polar surface area (TPSA) is 217 Å². The Morgan fingerprint density at radius 2 is 2.05 bits per heavy atom. The number of pyridine rings is 1. The molecule has 0 aliphatic carbocycles. The molecule has 4 heterocycles. The lowest BCUT2D eigenvalue weighted by atomic mass is 10.0. The molecule has 234 valence electrons. The highest BCUT2D eigenvalue weighted by molar-refractivity contribution is 8.00. The van der Waals surface area contributed by atoms with Crippen molar-refractivity contribution in [2.45, 2.75) is 57.2 Å². The number of β-lactam (4-membered cyclic amide) rings is 1. The zero-order valence-electron chi connectivity index (χ0n) is 24.1. The van der Waals surface area contributed by atoms with E-state index in [1.165, 1.54) is 31.0 Å². The van der Waals surface area contributed by atoms with Crippen molar-refractivity contribution in [1.82, 2.24) is 20.5 Å². The summed E-state index contributed by atoms with van der Waals surface area (Å²) < 4.78 is 1.68. The number of rotatable bonds is 13. The van der Waals surface area contributed by atoms with Gasteiger partial charge in [-0.1, -0.05) is 18.5 Å². The Balaban J connectivity index is 1.52. The molecule has 3 amide bonds. The Labute approximate surface area is 260 Å². The highest BCUT2D eigenvalue weighted by Crippen LogP contribution is 2.40. The third-order valence-corrected chi connectivity index (χ3v) is 8.72. The van der Waals surface area contributed by atoms with Crippen molar-refractivity contribution in [3.63, 3.8) is 0 Å². The molecule has 44 heavy (non-hydrogen) atoms. The van der Waals surface area contributed by atoms with Crippen LogP contribution in [0.25, 0.3) is 0 Å². The van der Waals surface area contributed by atoms with Crippen LogP contribution in [0.1, 0.15) is 49.7 Å². The molecule has 4 rings (SSSR count). The minimum atomic E-state index is -1.77. The molecule has 1 saturated heterocycles. The van der Waals surface area contributed by atoms with E-state index in [0.29, 0.717) is 17.7 Å². The fraction of sp³-hybridized carbons (Fsp3) is 0.407. The molecular formula is C27H32N7O8S2+. The van der Waals surface area contributed by atoms with Crippen LogP contribution >= 0.6 is 23.1 Å². The van der Waals surface area contributed by atoms with Gasteiger partial charge in [-0.2, -0.15) is 0 Å². The van der Waals surface area contributed by atoms with Crippen LogP contribution < -0.4 is 20.9 Å². The number of hydrogen-bond donors (Lipinski definition) is 5. The van der Waals surface area contributed by atoms with Crippen molar-refractivity contribution in [3.8, 4) is 0 Å². The molecule has 0 radical (unpaired) electrons. The quantitative estimate of drug-likeness (QED) is 0.0666. The summed E-state index contributed by atoms with van der Waals surface area (Å²) in [5.41, 5.74) is 4.21. The van der Waals surface area contributed by atoms with Gasteiger partial charge in [0.15, 0.2) is 29.8 Å². The lowest BCUT2D eigenvalue weighted by molar-refractivity contribution is -0.689. The maximum Gasteiger partial charge on any atom is 0.352 e. The monoisotopic (exact) mass is 646 g/mol. The number of anilines is 1. The lowest BCUT2D eigenvalue weighted by Crippen LogP contribution is -2.71. The van der Waals surface area contributed by atoms with Crippen molar-refractivity contribution in [1.29, 1.82) is 0 Å². The molecule has 2 aromatic rings. The van der Waals surface area contributed by atoms with Crippen molar-refractivity contribution in [2.75, 3.05) is 18.0 Å². The number of carboxylic acid groups (broad SMARTS) is 2. The van der Waals surface area contributed by atoms with Crippen LogP contribution in [0.15, 0.2) is 46.3 Å². The largest absolute Gasteiger partial charge is 0.478 e. The third-order valence-electron chi connectivity index (χ3n) is 6.71. The Kier molecular flexibility index (Phi) is 9.88. The van der Waals surface area contributed by atoms with Crippen molar-refractivity contribution in [3.05, 3.63) is 52.4 Å². The zero-order chi connectivity index (χ0) is 32.2. The number of unbranched alkanes of at least 4 members (excludes halogenated alkanes) is 1. The number of nitrogen functional groups attached to an aromatic ring is 1. The average Bonchev–Trinajstić information content (AvgIpc) is 3.41. The van der Waals surface area contributed by atoms with Gasteiger partial charge in [-0.25, -0.2) is 19.1 Å². The van der Waals surface area contributed by atoms with Gasteiger partial charge in [0.25, 0.3) is 17.7 Å². The van der Waals surface area contributed by atoms with E-state index < -0.39 is 46.5 Å². The molecule has 2 atom stereocenters. The molecule has 0 bridgehead atoms. The molecule has 0 saturated carbocycles. The van der Waals surface area contributed by atoms with E-state index in [0.717, 1.165) is 29.1 Å². The van der Waals surface area contributed by atoms with E-state index in [2.05, 4.69) is 20.8 Å². The standard InChI is InChI=1S/C27H31N7O8S2/c1-4-5-8-29-20(35)14-7-6-9-33(10-14)11-15-12-43-23-18(22(37)34(23)19(15)24(38)39)31-21(36)17(16-13-44-26(28)30-16)32-42-27(2,3)25(40)41/h6-7,9-10,13,18,23H,4-5,8,11-12H2,1-3H3,(H5-,28,29,30,31,35,36,38,39,40,41)/p+1/b32-17-/t18-,23-/m1/s1. The molecule has 6 N–H and O–H groups in total. The molecule has 0 aromatic carbocycles. The van der Waals surface area contributed by atoms with Gasteiger partial charge in [0, 0.05) is 29.3 Å². The van der Waals surface area contributed by atoms with E-state index in [-0.39, 0.29) is 34.7 Å². The summed E-state index contributed by atoms with van der Waals surface area (Å²) in [6.07, 6.45) is 5.11. The van der Waals surface area contributed by atoms with Crippen molar-refractivity contribution < 1.29 is 43.6 Å². The molecule has 17 heteroatoms. The highest BCUT2D eigenvalue weighted by Gasteiger charge is 2.55. The summed E-state index contributed by atoms with van der Waals surface area (Å²) in [7, 11) is 0. The number of hydrogen-bond acceptors (Lipinski definition) is 11. The third kappa shape index (κ3) is 6.99. The van der Waals surface area contributed by atoms with E-state index in [1.807, 2.05) is 6.92 Å². The van der Waals surface area contributed by atoms with Crippen LogP contribution in [-0.4, -0.2) is 84.8 Å². The predicted molar refractivity (Wildman–Crippen MR) is 159 cm³/mol. The summed E-state index contributed by atoms with van der Waals surface area (Å²) in [6, 6.07) is 2.25. The minimum absolute atomic E-state index is 0.0119. The number of nitrogens with zero attached hydrogens (tertiary/aromatic N) is 4. The first-order valence-electron chi connectivity index (χ1n) is 13.5. The van der Waals surface area contributed by atoms with Crippen LogP contribution in [0.4, 0.5) is 5.13 Å². The number of carboxylic acids is 2. The van der Waals surface area contributed by atoms with Gasteiger partial charge < -0.3 is 31.4 Å². The molecule has 2 aliphatic heterocycles. The molecule has 0 unspecified atom stereocenters. The molecule has 15 nitrogen and oxygen atoms in total.